The fraction of sp³-hybridized carbons (Fsp3) is 0.421. The molecule has 0 atom stereocenters. The highest BCUT2D eigenvalue weighted by Gasteiger charge is 2.27. The van der Waals surface area contributed by atoms with E-state index in [-0.39, 0.29) is 24.2 Å². The van der Waals surface area contributed by atoms with Crippen molar-refractivity contribution in [2.45, 2.75) is 6.92 Å². The minimum absolute atomic E-state index is 0.167. The van der Waals surface area contributed by atoms with E-state index in [0.29, 0.717) is 54.4 Å². The van der Waals surface area contributed by atoms with E-state index in [1.165, 1.54) is 7.11 Å². The molecule has 0 radical (unpaired) electrons. The third-order valence-electron chi connectivity index (χ3n) is 4.82. The number of nitrogens with zero attached hydrogens (tertiary/aromatic N) is 1. The summed E-state index contributed by atoms with van der Waals surface area (Å²) in [6.45, 7) is 4.64. The molecule has 1 fully saturated rings. The lowest BCUT2D eigenvalue weighted by Crippen LogP contribution is -3.15. The highest BCUT2D eigenvalue weighted by atomic mass is 35.5. The van der Waals surface area contributed by atoms with Crippen LogP contribution in [-0.4, -0.2) is 74.3 Å². The molecule has 1 aliphatic rings. The first kappa shape index (κ1) is 20.9. The van der Waals surface area contributed by atoms with Crippen LogP contribution in [0.3, 0.4) is 0 Å². The summed E-state index contributed by atoms with van der Waals surface area (Å²) in [6, 6.07) is 5.11. The number of esters is 1. The maximum absolute atomic E-state index is 12.7. The fourth-order valence-electron chi connectivity index (χ4n) is 3.36. The molecule has 1 aromatic carbocycles. The van der Waals surface area contributed by atoms with Gasteiger partial charge in [-0.1, -0.05) is 11.6 Å². The molecule has 1 saturated heterocycles. The van der Waals surface area contributed by atoms with E-state index in [9.17, 15) is 14.4 Å². The maximum atomic E-state index is 12.7. The van der Waals surface area contributed by atoms with Gasteiger partial charge in [-0.15, -0.1) is 0 Å². The lowest BCUT2D eigenvalue weighted by molar-refractivity contribution is -0.895. The van der Waals surface area contributed by atoms with Crippen molar-refractivity contribution in [3.63, 3.8) is 0 Å². The molecular weight excluding hydrogens is 400 g/mol. The van der Waals surface area contributed by atoms with Crippen molar-refractivity contribution in [2.75, 3.05) is 51.8 Å². The summed E-state index contributed by atoms with van der Waals surface area (Å²) < 4.78 is 9.82. The number of carbonyl (C=O) groups is 3. The van der Waals surface area contributed by atoms with Crippen molar-refractivity contribution in [1.82, 2.24) is 9.88 Å². The van der Waals surface area contributed by atoms with Crippen LogP contribution in [0, 0.1) is 0 Å². The van der Waals surface area contributed by atoms with Gasteiger partial charge < -0.3 is 24.7 Å². The zero-order chi connectivity index (χ0) is 21.0. The van der Waals surface area contributed by atoms with Gasteiger partial charge in [0, 0.05) is 15.9 Å². The number of rotatable bonds is 5. The van der Waals surface area contributed by atoms with Gasteiger partial charge in [-0.25, -0.2) is 9.59 Å². The number of fused-ring (bicyclic) bond motifs is 1. The van der Waals surface area contributed by atoms with E-state index < -0.39 is 5.97 Å². The lowest BCUT2D eigenvalue weighted by Gasteiger charge is -2.31. The normalized spacial score (nSPS) is 14.7. The third kappa shape index (κ3) is 4.80. The largest absolute Gasteiger partial charge is 0.464 e. The molecule has 1 aromatic heterocycles. The van der Waals surface area contributed by atoms with Crippen LogP contribution in [0.2, 0.25) is 5.02 Å². The third-order valence-corrected chi connectivity index (χ3v) is 5.06. The molecular formula is C19H24ClN4O5+. The van der Waals surface area contributed by atoms with Crippen LogP contribution in [0.5, 0.6) is 0 Å². The van der Waals surface area contributed by atoms with Crippen molar-refractivity contribution in [3.8, 4) is 0 Å². The Morgan fingerprint density at radius 1 is 1.28 bits per heavy atom. The van der Waals surface area contributed by atoms with Crippen LogP contribution in [0.4, 0.5) is 10.5 Å². The number of piperazine rings is 1. The molecule has 0 aliphatic carbocycles. The lowest BCUT2D eigenvalue weighted by atomic mass is 10.2. The van der Waals surface area contributed by atoms with Gasteiger partial charge in [-0.05, 0) is 25.1 Å². The number of benzene rings is 1. The second kappa shape index (κ2) is 9.15. The molecule has 1 aliphatic heterocycles. The van der Waals surface area contributed by atoms with Crippen LogP contribution in [0.25, 0.3) is 10.9 Å². The van der Waals surface area contributed by atoms with E-state index in [0.717, 1.165) is 4.90 Å². The number of nitrogens with one attached hydrogen (secondary N) is 3. The van der Waals surface area contributed by atoms with Gasteiger partial charge in [0.05, 0.1) is 45.6 Å². The Morgan fingerprint density at radius 3 is 2.66 bits per heavy atom. The first-order valence-electron chi connectivity index (χ1n) is 9.37. The average Bonchev–Trinajstić information content (AvgIpc) is 3.05. The standard InChI is InChI=1S/C19H23ClN4O5/c1-3-29-19(27)24-8-6-23(7-9-24)11-15(25)22-16-13-10-12(20)4-5-14(13)21-17(16)18(26)28-2/h4-5,10,21H,3,6-9,11H2,1-2H3,(H,22,25)/p+1. The predicted octanol–water partition coefficient (Wildman–Crippen LogP) is 0.903. The van der Waals surface area contributed by atoms with Crippen molar-refractivity contribution in [1.29, 1.82) is 0 Å². The summed E-state index contributed by atoms with van der Waals surface area (Å²) in [5, 5.41) is 3.94. The minimum atomic E-state index is -0.581. The van der Waals surface area contributed by atoms with Crippen LogP contribution < -0.4 is 10.2 Å². The highest BCUT2D eigenvalue weighted by molar-refractivity contribution is 6.31. The van der Waals surface area contributed by atoms with Crippen LogP contribution in [-0.2, 0) is 14.3 Å². The number of halogens is 1. The van der Waals surface area contributed by atoms with Crippen molar-refractivity contribution in [3.05, 3.63) is 28.9 Å². The van der Waals surface area contributed by atoms with Gasteiger partial charge in [0.15, 0.2) is 6.54 Å². The molecule has 2 amide bonds. The SMILES string of the molecule is CCOC(=O)N1CC[NH+](CC(=O)Nc2c(C(=O)OC)[nH]c3ccc(Cl)cc23)CC1. The van der Waals surface area contributed by atoms with Gasteiger partial charge in [-0.3, -0.25) is 9.69 Å². The molecule has 0 saturated carbocycles. The molecule has 9 nitrogen and oxygen atoms in total. The Labute approximate surface area is 172 Å². The fourth-order valence-corrected chi connectivity index (χ4v) is 3.53. The predicted molar refractivity (Wildman–Crippen MR) is 107 cm³/mol. The van der Waals surface area contributed by atoms with Gasteiger partial charge in [-0.2, -0.15) is 0 Å². The van der Waals surface area contributed by atoms with Crippen molar-refractivity contribution in [2.24, 2.45) is 0 Å². The first-order chi connectivity index (χ1) is 13.9. The Bertz CT molecular complexity index is 921. The van der Waals surface area contributed by atoms with E-state index in [2.05, 4.69) is 10.3 Å². The van der Waals surface area contributed by atoms with Crippen molar-refractivity contribution >= 4 is 46.2 Å². The maximum Gasteiger partial charge on any atom is 0.410 e. The number of methoxy groups -OCH3 is 1. The molecule has 0 bridgehead atoms. The topological polar surface area (TPSA) is 105 Å². The summed E-state index contributed by atoms with van der Waals surface area (Å²) in [7, 11) is 1.28. The summed E-state index contributed by atoms with van der Waals surface area (Å²) in [5.74, 6) is -0.821. The number of ether oxygens (including phenoxy) is 2. The zero-order valence-electron chi connectivity index (χ0n) is 16.3. The zero-order valence-corrected chi connectivity index (χ0v) is 17.1. The Hall–Kier alpha value is -2.78. The number of aromatic amines is 1. The number of amides is 2. The van der Waals surface area contributed by atoms with Gasteiger partial charge in [0.2, 0.25) is 0 Å². The molecule has 29 heavy (non-hydrogen) atoms. The summed E-state index contributed by atoms with van der Waals surface area (Å²) >= 11 is 6.08. The van der Waals surface area contributed by atoms with Crippen molar-refractivity contribution < 1.29 is 28.8 Å². The number of hydrogen-bond acceptors (Lipinski definition) is 5. The monoisotopic (exact) mass is 423 g/mol. The number of H-pyrrole nitrogens is 1. The van der Waals surface area contributed by atoms with E-state index >= 15 is 0 Å². The minimum Gasteiger partial charge on any atom is -0.464 e. The van der Waals surface area contributed by atoms with Gasteiger partial charge in [0.25, 0.3) is 5.91 Å². The Kier molecular flexibility index (Phi) is 6.60. The Morgan fingerprint density at radius 2 is 2.00 bits per heavy atom. The van der Waals surface area contributed by atoms with Crippen LogP contribution in [0.1, 0.15) is 17.4 Å². The van der Waals surface area contributed by atoms with E-state index in [1.807, 2.05) is 0 Å². The molecule has 10 heteroatoms. The van der Waals surface area contributed by atoms with Crippen LogP contribution >= 0.6 is 11.6 Å². The second-order valence-electron chi connectivity index (χ2n) is 6.72. The summed E-state index contributed by atoms with van der Waals surface area (Å²) in [5.41, 5.74) is 1.18. The molecule has 156 valence electrons. The summed E-state index contributed by atoms with van der Waals surface area (Å²) in [6.07, 6.45) is -0.325. The van der Waals surface area contributed by atoms with E-state index in [1.54, 1.807) is 30.0 Å². The molecule has 2 heterocycles. The number of anilines is 1. The van der Waals surface area contributed by atoms with Gasteiger partial charge >= 0.3 is 12.1 Å². The number of hydrogen-bond donors (Lipinski definition) is 3. The molecule has 3 rings (SSSR count). The smallest absolute Gasteiger partial charge is 0.410 e. The number of carbonyl (C=O) groups excluding carboxylic acids is 3. The second-order valence-corrected chi connectivity index (χ2v) is 7.15. The number of aromatic nitrogens is 1. The first-order valence-corrected chi connectivity index (χ1v) is 9.75. The van der Waals surface area contributed by atoms with E-state index in [4.69, 9.17) is 21.1 Å². The molecule has 3 N–H and O–H groups in total. The highest BCUT2D eigenvalue weighted by Crippen LogP contribution is 2.30. The summed E-state index contributed by atoms with van der Waals surface area (Å²) in [4.78, 5) is 42.2. The quantitative estimate of drug-likeness (QED) is 0.620. The Balaban J connectivity index is 1.68. The van der Waals surface area contributed by atoms with Crippen LogP contribution in [0.15, 0.2) is 18.2 Å². The molecule has 2 aromatic rings. The molecule has 0 spiro atoms. The van der Waals surface area contributed by atoms with Gasteiger partial charge in [0.1, 0.15) is 5.69 Å². The number of quaternary nitrogens is 1. The average molecular weight is 424 g/mol. The molecule has 0 unspecified atom stereocenters.